The fraction of sp³-hybridized carbons (Fsp3) is 0.625. The van der Waals surface area contributed by atoms with Crippen molar-refractivity contribution in [2.24, 2.45) is 0 Å². The van der Waals surface area contributed by atoms with Crippen molar-refractivity contribution in [2.45, 2.75) is 19.8 Å². The van der Waals surface area contributed by atoms with E-state index < -0.39 is 0 Å². The number of aromatic nitrogens is 4. The summed E-state index contributed by atoms with van der Waals surface area (Å²) in [6.45, 7) is 10.8. The Morgan fingerprint density at radius 1 is 1.08 bits per heavy atom. The Balaban J connectivity index is 1.43. The molecule has 1 fully saturated rings. The second-order valence-electron chi connectivity index (χ2n) is 6.73. The van der Waals surface area contributed by atoms with Crippen molar-refractivity contribution >= 4 is 17.5 Å². The van der Waals surface area contributed by atoms with E-state index in [1.165, 1.54) is 0 Å². The van der Waals surface area contributed by atoms with Gasteiger partial charge in [-0.1, -0.05) is 13.8 Å². The molecule has 0 spiro atoms. The van der Waals surface area contributed by atoms with Gasteiger partial charge in [0.1, 0.15) is 11.6 Å². The van der Waals surface area contributed by atoms with Gasteiger partial charge in [0.15, 0.2) is 5.82 Å². The molecule has 0 bridgehead atoms. The molecule has 2 aromatic rings. The summed E-state index contributed by atoms with van der Waals surface area (Å²) in [5.41, 5.74) is 1.11. The van der Waals surface area contributed by atoms with Crippen LogP contribution in [0.25, 0.3) is 0 Å². The Bertz CT molecular complexity index is 624. The molecule has 8 heteroatoms. The minimum atomic E-state index is 0.432. The summed E-state index contributed by atoms with van der Waals surface area (Å²) in [5, 5.41) is 21.2. The van der Waals surface area contributed by atoms with Gasteiger partial charge in [0.2, 0.25) is 0 Å². The molecular formula is C16H28N8. The molecule has 3 heterocycles. The van der Waals surface area contributed by atoms with E-state index in [1.807, 2.05) is 12.1 Å². The fourth-order valence-corrected chi connectivity index (χ4v) is 2.72. The van der Waals surface area contributed by atoms with Gasteiger partial charge in [-0.3, -0.25) is 15.1 Å². The number of nitrogens with one attached hydrogen (secondary N) is 4. The maximum absolute atomic E-state index is 4.29. The molecule has 0 amide bonds. The van der Waals surface area contributed by atoms with Crippen molar-refractivity contribution in [3.63, 3.8) is 0 Å². The molecule has 0 aliphatic carbocycles. The third-order valence-electron chi connectivity index (χ3n) is 4.39. The Morgan fingerprint density at radius 3 is 2.54 bits per heavy atom. The number of likely N-dealkylation sites (N-methyl/N-ethyl adjacent to an activating group) is 1. The molecule has 0 radical (unpaired) electrons. The molecule has 24 heavy (non-hydrogen) atoms. The van der Waals surface area contributed by atoms with Gasteiger partial charge in [0.05, 0.1) is 0 Å². The topological polar surface area (TPSA) is 87.9 Å². The van der Waals surface area contributed by atoms with Gasteiger partial charge in [-0.15, -0.1) is 0 Å². The second-order valence-corrected chi connectivity index (χ2v) is 6.73. The van der Waals surface area contributed by atoms with Crippen LogP contribution in [-0.2, 0) is 0 Å². The maximum Gasteiger partial charge on any atom is 0.153 e. The predicted octanol–water partition coefficient (Wildman–Crippen LogP) is 1.66. The lowest BCUT2D eigenvalue weighted by atomic mass is 10.1. The number of rotatable bonds is 7. The van der Waals surface area contributed by atoms with Crippen LogP contribution in [-0.4, -0.2) is 76.5 Å². The second kappa shape index (κ2) is 7.67. The third-order valence-corrected chi connectivity index (χ3v) is 4.39. The van der Waals surface area contributed by atoms with Crippen molar-refractivity contribution in [3.8, 4) is 0 Å². The standard InChI is InChI=1S/C16H28N8/c1-12(2)13-10-15(21-19-13)18-16-11-14(20-22-16)17-4-5-24-8-6-23(3)7-9-24/h10-12H,4-9H2,1-3H3,(H4,17,18,19,20,21,22). The van der Waals surface area contributed by atoms with Crippen LogP contribution >= 0.6 is 0 Å². The largest absolute Gasteiger partial charge is 0.367 e. The normalized spacial score (nSPS) is 16.7. The summed E-state index contributed by atoms with van der Waals surface area (Å²) < 4.78 is 0. The van der Waals surface area contributed by atoms with Gasteiger partial charge in [-0.05, 0) is 13.0 Å². The minimum Gasteiger partial charge on any atom is -0.367 e. The molecule has 1 aliphatic rings. The van der Waals surface area contributed by atoms with Crippen molar-refractivity contribution in [2.75, 3.05) is 56.9 Å². The van der Waals surface area contributed by atoms with E-state index >= 15 is 0 Å². The maximum atomic E-state index is 4.29. The first-order chi connectivity index (χ1) is 11.6. The van der Waals surface area contributed by atoms with Crippen molar-refractivity contribution in [1.82, 2.24) is 30.2 Å². The molecule has 0 saturated carbocycles. The quantitative estimate of drug-likeness (QED) is 0.617. The van der Waals surface area contributed by atoms with E-state index in [9.17, 15) is 0 Å². The SMILES string of the molecule is CC(C)c1cc(Nc2cc(NCCN3CCN(C)CC3)n[nH]2)n[nH]1. The van der Waals surface area contributed by atoms with E-state index in [0.29, 0.717) is 5.92 Å². The third kappa shape index (κ3) is 4.48. The first-order valence-electron chi connectivity index (χ1n) is 8.62. The number of hydrogen-bond donors (Lipinski definition) is 4. The Labute approximate surface area is 143 Å². The first kappa shape index (κ1) is 16.8. The smallest absolute Gasteiger partial charge is 0.153 e. The molecule has 2 aromatic heterocycles. The first-order valence-corrected chi connectivity index (χ1v) is 8.62. The Kier molecular flexibility index (Phi) is 5.37. The number of hydrogen-bond acceptors (Lipinski definition) is 6. The lowest BCUT2D eigenvalue weighted by Crippen LogP contribution is -2.45. The van der Waals surface area contributed by atoms with Gasteiger partial charge in [-0.2, -0.15) is 10.2 Å². The molecule has 4 N–H and O–H groups in total. The molecule has 0 atom stereocenters. The zero-order valence-corrected chi connectivity index (χ0v) is 14.8. The Hall–Kier alpha value is -2.06. The molecule has 0 aromatic carbocycles. The van der Waals surface area contributed by atoms with Crippen LogP contribution in [0.4, 0.5) is 17.5 Å². The van der Waals surface area contributed by atoms with E-state index in [0.717, 1.165) is 62.4 Å². The number of piperazine rings is 1. The van der Waals surface area contributed by atoms with Crippen molar-refractivity contribution in [1.29, 1.82) is 0 Å². The lowest BCUT2D eigenvalue weighted by Gasteiger charge is -2.32. The van der Waals surface area contributed by atoms with E-state index in [2.05, 4.69) is 61.7 Å². The Morgan fingerprint density at radius 2 is 1.83 bits per heavy atom. The fourth-order valence-electron chi connectivity index (χ4n) is 2.72. The van der Waals surface area contributed by atoms with E-state index in [4.69, 9.17) is 0 Å². The monoisotopic (exact) mass is 332 g/mol. The van der Waals surface area contributed by atoms with Gasteiger partial charge in [0.25, 0.3) is 0 Å². The number of aromatic amines is 2. The van der Waals surface area contributed by atoms with E-state index in [-0.39, 0.29) is 0 Å². The summed E-state index contributed by atoms with van der Waals surface area (Å²) in [7, 11) is 2.18. The summed E-state index contributed by atoms with van der Waals surface area (Å²) in [4.78, 5) is 4.85. The average Bonchev–Trinajstić information content (AvgIpc) is 3.19. The van der Waals surface area contributed by atoms with Crippen molar-refractivity contribution in [3.05, 3.63) is 17.8 Å². The molecule has 8 nitrogen and oxygen atoms in total. The highest BCUT2D eigenvalue weighted by atomic mass is 15.3. The van der Waals surface area contributed by atoms with Gasteiger partial charge < -0.3 is 15.5 Å². The van der Waals surface area contributed by atoms with Gasteiger partial charge in [-0.25, -0.2) is 0 Å². The zero-order chi connectivity index (χ0) is 16.9. The highest BCUT2D eigenvalue weighted by molar-refractivity contribution is 5.56. The zero-order valence-electron chi connectivity index (χ0n) is 14.8. The molecule has 132 valence electrons. The van der Waals surface area contributed by atoms with Crippen LogP contribution in [0.15, 0.2) is 12.1 Å². The van der Waals surface area contributed by atoms with E-state index in [1.54, 1.807) is 0 Å². The number of nitrogens with zero attached hydrogens (tertiary/aromatic N) is 4. The average molecular weight is 332 g/mol. The van der Waals surface area contributed by atoms with Gasteiger partial charge in [0, 0.05) is 57.1 Å². The van der Waals surface area contributed by atoms with Crippen LogP contribution in [0.3, 0.4) is 0 Å². The highest BCUT2D eigenvalue weighted by Gasteiger charge is 2.13. The minimum absolute atomic E-state index is 0.432. The molecule has 3 rings (SSSR count). The summed E-state index contributed by atoms with van der Waals surface area (Å²) in [6, 6.07) is 3.99. The molecule has 1 aliphatic heterocycles. The van der Waals surface area contributed by atoms with Gasteiger partial charge >= 0.3 is 0 Å². The van der Waals surface area contributed by atoms with Crippen LogP contribution < -0.4 is 10.6 Å². The van der Waals surface area contributed by atoms with Crippen LogP contribution in [0, 0.1) is 0 Å². The lowest BCUT2D eigenvalue weighted by molar-refractivity contribution is 0.158. The van der Waals surface area contributed by atoms with Crippen molar-refractivity contribution < 1.29 is 0 Å². The highest BCUT2D eigenvalue weighted by Crippen LogP contribution is 2.19. The predicted molar refractivity (Wildman–Crippen MR) is 97.0 cm³/mol. The molecule has 1 saturated heterocycles. The van der Waals surface area contributed by atoms with Crippen LogP contribution in [0.2, 0.25) is 0 Å². The van der Waals surface area contributed by atoms with Crippen LogP contribution in [0.1, 0.15) is 25.5 Å². The number of anilines is 3. The summed E-state index contributed by atoms with van der Waals surface area (Å²) in [5.74, 6) is 2.91. The molecule has 0 unspecified atom stereocenters. The summed E-state index contributed by atoms with van der Waals surface area (Å²) >= 11 is 0. The van der Waals surface area contributed by atoms with Crippen LogP contribution in [0.5, 0.6) is 0 Å². The number of H-pyrrole nitrogens is 2. The molecular weight excluding hydrogens is 304 g/mol. The summed E-state index contributed by atoms with van der Waals surface area (Å²) in [6.07, 6.45) is 0.